The van der Waals surface area contributed by atoms with Crippen molar-refractivity contribution in [2.45, 2.75) is 70.3 Å². The van der Waals surface area contributed by atoms with E-state index in [-0.39, 0.29) is 5.75 Å². The van der Waals surface area contributed by atoms with Crippen LogP contribution in [0.5, 0.6) is 11.5 Å². The molecule has 1 heterocycles. The molecule has 1 fully saturated rings. The zero-order chi connectivity index (χ0) is 25.6. The van der Waals surface area contributed by atoms with Crippen LogP contribution in [0.4, 0.5) is 10.5 Å². The Kier molecular flexibility index (Phi) is 8.03. The normalized spacial score (nSPS) is 17.7. The highest BCUT2D eigenvalue weighted by Gasteiger charge is 2.33. The maximum Gasteiger partial charge on any atom is 0.521 e. The summed E-state index contributed by atoms with van der Waals surface area (Å²) in [7, 11) is -4.30. The van der Waals surface area contributed by atoms with Gasteiger partial charge in [-0.15, -0.1) is 8.42 Å². The van der Waals surface area contributed by atoms with Crippen LogP contribution in [0, 0.1) is 0 Å². The molecule has 0 spiro atoms. The zero-order valence-corrected chi connectivity index (χ0v) is 21.4. The van der Waals surface area contributed by atoms with Gasteiger partial charge in [-0.3, -0.25) is 5.32 Å². The lowest BCUT2D eigenvalue weighted by atomic mass is 9.84. The third-order valence-electron chi connectivity index (χ3n) is 6.33. The molecular weight excluding hydrogens is 484 g/mol. The van der Waals surface area contributed by atoms with Crippen LogP contribution in [-0.4, -0.2) is 27.3 Å². The fourth-order valence-corrected chi connectivity index (χ4v) is 5.05. The van der Waals surface area contributed by atoms with Gasteiger partial charge >= 0.3 is 16.5 Å². The summed E-state index contributed by atoms with van der Waals surface area (Å²) >= 11 is 0. The first kappa shape index (κ1) is 25.8. The van der Waals surface area contributed by atoms with E-state index < -0.39 is 22.1 Å². The number of nitrogens with zero attached hydrogens (tertiary/aromatic N) is 1. The number of cyclic esters (lactones) is 1. The van der Waals surface area contributed by atoms with Crippen LogP contribution in [0.3, 0.4) is 0 Å². The fourth-order valence-electron chi connectivity index (χ4n) is 4.51. The first-order valence-electron chi connectivity index (χ1n) is 12.2. The van der Waals surface area contributed by atoms with Gasteiger partial charge in [0.15, 0.2) is 0 Å². The SMILES string of the molecule is CC1(C)OC(=O)Nc2ccc(OCCCC=NOS(=O)(=O)Oc3ccc(C4CCCCC4)cc3)cc21. The largest absolute Gasteiger partial charge is 0.521 e. The molecular formula is C26H32N2O7S. The van der Waals surface area contributed by atoms with E-state index in [0.717, 1.165) is 5.56 Å². The van der Waals surface area contributed by atoms with Crippen molar-refractivity contribution in [1.82, 2.24) is 0 Å². The average molecular weight is 517 g/mol. The maximum absolute atomic E-state index is 12.0. The molecule has 2 aromatic rings. The first-order valence-corrected chi connectivity index (χ1v) is 13.6. The lowest BCUT2D eigenvalue weighted by Gasteiger charge is -2.32. The Morgan fingerprint density at radius 1 is 1.08 bits per heavy atom. The molecule has 0 saturated heterocycles. The molecule has 194 valence electrons. The Morgan fingerprint density at radius 3 is 2.56 bits per heavy atom. The number of unbranched alkanes of at least 4 members (excludes halogenated alkanes) is 1. The third-order valence-corrected chi connectivity index (χ3v) is 7.00. The second kappa shape index (κ2) is 11.2. The summed E-state index contributed by atoms with van der Waals surface area (Å²) < 4.78 is 44.7. The molecule has 36 heavy (non-hydrogen) atoms. The average Bonchev–Trinajstić information content (AvgIpc) is 2.84. The van der Waals surface area contributed by atoms with Crippen LogP contribution in [0.1, 0.15) is 75.8 Å². The predicted molar refractivity (Wildman–Crippen MR) is 136 cm³/mol. The molecule has 0 aromatic heterocycles. The van der Waals surface area contributed by atoms with Crippen LogP contribution < -0.4 is 14.2 Å². The van der Waals surface area contributed by atoms with Crippen molar-refractivity contribution in [2.75, 3.05) is 11.9 Å². The van der Waals surface area contributed by atoms with Crippen LogP contribution in [-0.2, 0) is 25.0 Å². The Balaban J connectivity index is 1.18. The maximum atomic E-state index is 12.0. The van der Waals surface area contributed by atoms with Crippen molar-refractivity contribution in [1.29, 1.82) is 0 Å². The van der Waals surface area contributed by atoms with E-state index in [4.69, 9.17) is 13.7 Å². The Morgan fingerprint density at radius 2 is 1.81 bits per heavy atom. The van der Waals surface area contributed by atoms with Gasteiger partial charge in [-0.2, -0.15) is 0 Å². The molecule has 9 nitrogen and oxygen atoms in total. The van der Waals surface area contributed by atoms with Gasteiger partial charge in [0, 0.05) is 11.8 Å². The minimum atomic E-state index is -4.30. The van der Waals surface area contributed by atoms with E-state index in [1.807, 2.05) is 32.0 Å². The molecule has 2 aromatic carbocycles. The van der Waals surface area contributed by atoms with Gasteiger partial charge in [-0.05, 0) is 81.3 Å². The zero-order valence-electron chi connectivity index (χ0n) is 20.6. The van der Waals surface area contributed by atoms with E-state index in [1.54, 1.807) is 24.3 Å². The van der Waals surface area contributed by atoms with Gasteiger partial charge in [0.2, 0.25) is 0 Å². The number of hydrogen-bond acceptors (Lipinski definition) is 8. The Labute approximate surface area is 212 Å². The van der Waals surface area contributed by atoms with Gasteiger partial charge in [0.25, 0.3) is 0 Å². The van der Waals surface area contributed by atoms with Gasteiger partial charge < -0.3 is 13.7 Å². The minimum absolute atomic E-state index is 0.191. The summed E-state index contributed by atoms with van der Waals surface area (Å²) in [6.07, 6.45) is 7.99. The number of ether oxygens (including phenoxy) is 2. The number of oxime groups is 1. The molecule has 0 unspecified atom stereocenters. The van der Waals surface area contributed by atoms with Crippen LogP contribution in [0.15, 0.2) is 47.6 Å². The van der Waals surface area contributed by atoms with E-state index in [2.05, 4.69) is 14.8 Å². The molecule has 4 rings (SSSR count). The van der Waals surface area contributed by atoms with E-state index in [9.17, 15) is 13.2 Å². The Bertz CT molecular complexity index is 1190. The number of rotatable bonds is 10. The number of carbonyl (C=O) groups is 1. The molecule has 1 aliphatic carbocycles. The highest BCUT2D eigenvalue weighted by Crippen LogP contribution is 2.37. The van der Waals surface area contributed by atoms with Crippen molar-refractivity contribution in [3.63, 3.8) is 0 Å². The van der Waals surface area contributed by atoms with Crippen LogP contribution in [0.25, 0.3) is 0 Å². The first-order chi connectivity index (χ1) is 17.2. The van der Waals surface area contributed by atoms with Crippen molar-refractivity contribution in [3.05, 3.63) is 53.6 Å². The lowest BCUT2D eigenvalue weighted by Crippen LogP contribution is -2.34. The van der Waals surface area contributed by atoms with Crippen molar-refractivity contribution < 1.29 is 31.2 Å². The van der Waals surface area contributed by atoms with Crippen LogP contribution in [0.2, 0.25) is 0 Å². The molecule has 2 aliphatic rings. The quantitative estimate of drug-likeness (QED) is 0.233. The van der Waals surface area contributed by atoms with Gasteiger partial charge in [0.05, 0.1) is 12.3 Å². The molecule has 1 amide bonds. The molecule has 10 heteroatoms. The number of amides is 1. The fraction of sp³-hybridized carbons (Fsp3) is 0.462. The molecule has 0 atom stereocenters. The summed E-state index contributed by atoms with van der Waals surface area (Å²) in [5.41, 5.74) is 1.96. The standard InChI is InChI=1S/C26H32N2O7S/c1-26(2)23-18-22(14-15-24(23)28-25(29)33-26)32-17-7-6-16-27-35-36(30,31)34-21-12-10-20(11-13-21)19-8-4-3-5-9-19/h10-16,18-19H,3-9,17H2,1-2H3,(H,28,29). The number of fused-ring (bicyclic) bond motifs is 1. The lowest BCUT2D eigenvalue weighted by molar-refractivity contribution is 0.0418. The van der Waals surface area contributed by atoms with Gasteiger partial charge in [0.1, 0.15) is 17.1 Å². The summed E-state index contributed by atoms with van der Waals surface area (Å²) in [4.78, 5) is 11.6. The summed E-state index contributed by atoms with van der Waals surface area (Å²) in [6, 6.07) is 12.5. The van der Waals surface area contributed by atoms with E-state index >= 15 is 0 Å². The summed E-state index contributed by atoms with van der Waals surface area (Å²) in [5.74, 6) is 1.36. The number of nitrogens with one attached hydrogen (secondary N) is 1. The van der Waals surface area contributed by atoms with Gasteiger partial charge in [-0.1, -0.05) is 36.6 Å². The smallest absolute Gasteiger partial charge is 0.494 e. The summed E-state index contributed by atoms with van der Waals surface area (Å²) in [5, 5.41) is 6.18. The predicted octanol–water partition coefficient (Wildman–Crippen LogP) is 6.02. The number of anilines is 1. The number of hydrogen-bond donors (Lipinski definition) is 1. The highest BCUT2D eigenvalue weighted by molar-refractivity contribution is 7.82. The monoisotopic (exact) mass is 516 g/mol. The minimum Gasteiger partial charge on any atom is -0.494 e. The van der Waals surface area contributed by atoms with Crippen LogP contribution >= 0.6 is 0 Å². The van der Waals surface area contributed by atoms with Gasteiger partial charge in [-0.25, -0.2) is 9.08 Å². The van der Waals surface area contributed by atoms with Crippen molar-refractivity contribution in [2.24, 2.45) is 5.16 Å². The number of carbonyl (C=O) groups excluding carboxylic acids is 1. The third kappa shape index (κ3) is 6.90. The topological polar surface area (TPSA) is 113 Å². The number of benzene rings is 2. The van der Waals surface area contributed by atoms with Crippen molar-refractivity contribution >= 4 is 28.4 Å². The highest BCUT2D eigenvalue weighted by atomic mass is 32.3. The Hall–Kier alpha value is -3.27. The van der Waals surface area contributed by atoms with Crippen molar-refractivity contribution in [3.8, 4) is 11.5 Å². The molecule has 1 N–H and O–H groups in total. The summed E-state index contributed by atoms with van der Waals surface area (Å²) in [6.45, 7) is 4.01. The molecule has 1 aliphatic heterocycles. The second-order valence-electron chi connectivity index (χ2n) is 9.48. The molecule has 0 radical (unpaired) electrons. The molecule has 1 saturated carbocycles. The second-order valence-corrected chi connectivity index (χ2v) is 10.6. The van der Waals surface area contributed by atoms with E-state index in [1.165, 1.54) is 43.9 Å². The molecule has 0 bridgehead atoms. The van der Waals surface area contributed by atoms with E-state index in [0.29, 0.717) is 36.8 Å².